The van der Waals surface area contributed by atoms with E-state index >= 15 is 0 Å². The van der Waals surface area contributed by atoms with E-state index in [2.05, 4.69) is 17.3 Å². The molecule has 0 N–H and O–H groups in total. The van der Waals surface area contributed by atoms with Gasteiger partial charge in [0.15, 0.2) is 5.75 Å². The van der Waals surface area contributed by atoms with Crippen LogP contribution in [0.3, 0.4) is 0 Å². The van der Waals surface area contributed by atoms with Gasteiger partial charge in [0, 0.05) is 0 Å². The van der Waals surface area contributed by atoms with Crippen molar-refractivity contribution >= 4 is 23.5 Å². The van der Waals surface area contributed by atoms with E-state index < -0.39 is 0 Å². The number of pyridine rings is 1. The zero-order valence-corrected chi connectivity index (χ0v) is 9.95. The van der Waals surface area contributed by atoms with Crippen LogP contribution in [-0.2, 0) is 0 Å². The molecule has 1 aromatic heterocycles. The quantitative estimate of drug-likeness (QED) is 0.737. The van der Waals surface area contributed by atoms with Gasteiger partial charge >= 0.3 is 0 Å². The molecule has 1 heterocycles. The summed E-state index contributed by atoms with van der Waals surface area (Å²) in [4.78, 5) is 5.50. The first-order chi connectivity index (χ1) is 6.83. The fourth-order valence-corrected chi connectivity index (χ4v) is 2.13. The molecule has 1 saturated carbocycles. The standard InChI is InChI=1S/C10H13NOS2/c1-13-9-5-10(14-2)11-6-8(9)12-7-3-4-7/h5-7H,3-4H2,1-2H3. The highest BCUT2D eigenvalue weighted by Gasteiger charge is 2.24. The third kappa shape index (κ3) is 2.36. The van der Waals surface area contributed by atoms with E-state index in [1.807, 2.05) is 12.5 Å². The van der Waals surface area contributed by atoms with Gasteiger partial charge in [0.05, 0.1) is 22.2 Å². The Kier molecular flexibility index (Phi) is 3.23. The molecular weight excluding hydrogens is 214 g/mol. The highest BCUT2D eigenvalue weighted by Crippen LogP contribution is 2.34. The molecule has 2 rings (SSSR count). The first kappa shape index (κ1) is 10.2. The number of rotatable bonds is 4. The minimum atomic E-state index is 0.447. The molecule has 1 aliphatic carbocycles. The lowest BCUT2D eigenvalue weighted by molar-refractivity contribution is 0.294. The molecule has 4 heteroatoms. The van der Waals surface area contributed by atoms with Crippen LogP contribution in [0.1, 0.15) is 12.8 Å². The van der Waals surface area contributed by atoms with Gasteiger partial charge in [0.25, 0.3) is 0 Å². The third-order valence-electron chi connectivity index (χ3n) is 2.05. The fourth-order valence-electron chi connectivity index (χ4n) is 1.13. The van der Waals surface area contributed by atoms with Crippen LogP contribution in [0.15, 0.2) is 22.2 Å². The second-order valence-electron chi connectivity index (χ2n) is 3.19. The van der Waals surface area contributed by atoms with Crippen LogP contribution in [0.5, 0.6) is 5.75 Å². The zero-order valence-electron chi connectivity index (χ0n) is 8.32. The Bertz CT molecular complexity index is 326. The average molecular weight is 227 g/mol. The van der Waals surface area contributed by atoms with Gasteiger partial charge in [-0.25, -0.2) is 4.98 Å². The highest BCUT2D eigenvalue weighted by atomic mass is 32.2. The van der Waals surface area contributed by atoms with Crippen LogP contribution in [-0.4, -0.2) is 23.6 Å². The second-order valence-corrected chi connectivity index (χ2v) is 4.87. The summed E-state index contributed by atoms with van der Waals surface area (Å²) in [5.74, 6) is 0.942. The topological polar surface area (TPSA) is 22.1 Å². The molecule has 1 fully saturated rings. The van der Waals surface area contributed by atoms with Gasteiger partial charge in [-0.3, -0.25) is 0 Å². The molecule has 0 aliphatic heterocycles. The molecule has 1 aliphatic rings. The van der Waals surface area contributed by atoms with Crippen molar-refractivity contribution in [3.05, 3.63) is 12.3 Å². The predicted molar refractivity (Wildman–Crippen MR) is 61.4 cm³/mol. The molecule has 76 valence electrons. The summed E-state index contributed by atoms with van der Waals surface area (Å²) in [5.41, 5.74) is 0. The van der Waals surface area contributed by atoms with Gasteiger partial charge in [-0.1, -0.05) is 0 Å². The van der Waals surface area contributed by atoms with Crippen LogP contribution >= 0.6 is 23.5 Å². The summed E-state index contributed by atoms with van der Waals surface area (Å²) in [7, 11) is 0. The third-order valence-corrected chi connectivity index (χ3v) is 3.45. The van der Waals surface area contributed by atoms with Crippen LogP contribution in [0, 0.1) is 0 Å². The molecule has 14 heavy (non-hydrogen) atoms. The number of hydrogen-bond acceptors (Lipinski definition) is 4. The van der Waals surface area contributed by atoms with Crippen LogP contribution in [0.25, 0.3) is 0 Å². The summed E-state index contributed by atoms with van der Waals surface area (Å²) in [6.07, 6.45) is 8.78. The zero-order chi connectivity index (χ0) is 9.97. The maximum atomic E-state index is 5.75. The Hall–Kier alpha value is -0.350. The van der Waals surface area contributed by atoms with Crippen LogP contribution < -0.4 is 4.74 Å². The second kappa shape index (κ2) is 4.45. The maximum absolute atomic E-state index is 5.75. The van der Waals surface area contributed by atoms with Crippen molar-refractivity contribution in [2.75, 3.05) is 12.5 Å². The Morgan fingerprint density at radius 2 is 2.14 bits per heavy atom. The van der Waals surface area contributed by atoms with Crippen molar-refractivity contribution < 1.29 is 4.74 Å². The number of aromatic nitrogens is 1. The van der Waals surface area contributed by atoms with E-state index in [1.165, 1.54) is 17.7 Å². The van der Waals surface area contributed by atoms with Gasteiger partial charge in [0.1, 0.15) is 0 Å². The molecular formula is C10H13NOS2. The van der Waals surface area contributed by atoms with Crippen molar-refractivity contribution in [3.63, 3.8) is 0 Å². The minimum absolute atomic E-state index is 0.447. The first-order valence-corrected chi connectivity index (χ1v) is 7.03. The molecule has 0 aromatic carbocycles. The molecule has 0 amide bonds. The highest BCUT2D eigenvalue weighted by molar-refractivity contribution is 7.99. The SMILES string of the molecule is CSc1cc(SC)c(OC2CC2)cn1. The number of hydrogen-bond donors (Lipinski definition) is 0. The molecule has 0 bridgehead atoms. The van der Waals surface area contributed by atoms with Gasteiger partial charge in [-0.2, -0.15) is 0 Å². The van der Waals surface area contributed by atoms with Gasteiger partial charge < -0.3 is 4.74 Å². The van der Waals surface area contributed by atoms with Crippen molar-refractivity contribution in [1.82, 2.24) is 4.98 Å². The van der Waals surface area contributed by atoms with Gasteiger partial charge in [0.2, 0.25) is 0 Å². The van der Waals surface area contributed by atoms with Crippen LogP contribution in [0.2, 0.25) is 0 Å². The Balaban J connectivity index is 2.19. The van der Waals surface area contributed by atoms with Crippen molar-refractivity contribution in [1.29, 1.82) is 0 Å². The number of ether oxygens (including phenoxy) is 1. The van der Waals surface area contributed by atoms with Gasteiger partial charge in [-0.15, -0.1) is 23.5 Å². The molecule has 0 unspecified atom stereocenters. The van der Waals surface area contributed by atoms with Gasteiger partial charge in [-0.05, 0) is 31.4 Å². The average Bonchev–Trinajstić information content (AvgIpc) is 3.02. The predicted octanol–water partition coefficient (Wildman–Crippen LogP) is 3.07. The summed E-state index contributed by atoms with van der Waals surface area (Å²) < 4.78 is 5.75. The molecule has 1 aromatic rings. The van der Waals surface area contributed by atoms with Crippen molar-refractivity contribution in [2.24, 2.45) is 0 Å². The molecule has 0 radical (unpaired) electrons. The van der Waals surface area contributed by atoms with Crippen molar-refractivity contribution in [2.45, 2.75) is 28.9 Å². The minimum Gasteiger partial charge on any atom is -0.488 e. The number of nitrogens with zero attached hydrogens (tertiary/aromatic N) is 1. The lowest BCUT2D eigenvalue weighted by atomic mass is 10.4. The summed E-state index contributed by atoms with van der Waals surface area (Å²) in [6, 6.07) is 2.09. The molecule has 0 spiro atoms. The van der Waals surface area contributed by atoms with Crippen LogP contribution in [0.4, 0.5) is 0 Å². The Labute approximate surface area is 92.8 Å². The molecule has 0 saturated heterocycles. The molecule has 0 atom stereocenters. The lowest BCUT2D eigenvalue weighted by Crippen LogP contribution is -1.98. The Morgan fingerprint density at radius 1 is 1.36 bits per heavy atom. The van der Waals surface area contributed by atoms with E-state index in [4.69, 9.17) is 4.74 Å². The number of thioether (sulfide) groups is 2. The van der Waals surface area contributed by atoms with Crippen molar-refractivity contribution in [3.8, 4) is 5.75 Å². The van der Waals surface area contributed by atoms with E-state index in [1.54, 1.807) is 23.5 Å². The van der Waals surface area contributed by atoms with E-state index in [9.17, 15) is 0 Å². The van der Waals surface area contributed by atoms with E-state index in [0.29, 0.717) is 6.10 Å². The lowest BCUT2D eigenvalue weighted by Gasteiger charge is -2.09. The summed E-state index contributed by atoms with van der Waals surface area (Å²) >= 11 is 3.38. The summed E-state index contributed by atoms with van der Waals surface area (Å²) in [5, 5.41) is 1.05. The monoisotopic (exact) mass is 227 g/mol. The maximum Gasteiger partial charge on any atom is 0.151 e. The molecule has 2 nitrogen and oxygen atoms in total. The smallest absolute Gasteiger partial charge is 0.151 e. The van der Waals surface area contributed by atoms with E-state index in [0.717, 1.165) is 10.8 Å². The van der Waals surface area contributed by atoms with E-state index in [-0.39, 0.29) is 0 Å². The Morgan fingerprint density at radius 3 is 2.71 bits per heavy atom. The summed E-state index contributed by atoms with van der Waals surface area (Å²) in [6.45, 7) is 0. The normalized spacial score (nSPS) is 15.6. The fraction of sp³-hybridized carbons (Fsp3) is 0.500. The first-order valence-electron chi connectivity index (χ1n) is 4.58. The largest absolute Gasteiger partial charge is 0.488 e.